The molecule has 0 radical (unpaired) electrons. The van der Waals surface area contributed by atoms with Crippen molar-refractivity contribution in [1.29, 1.82) is 0 Å². The predicted octanol–water partition coefficient (Wildman–Crippen LogP) is 3.55. The number of hydrogen-bond acceptors (Lipinski definition) is 3. The summed E-state index contributed by atoms with van der Waals surface area (Å²) in [6.45, 7) is 1.89. The average molecular weight is 249 g/mol. The number of nitrogens with two attached hydrogens (primary N) is 1. The lowest BCUT2D eigenvalue weighted by Crippen LogP contribution is -2.06. The summed E-state index contributed by atoms with van der Waals surface area (Å²) in [5, 5.41) is 0.641. The second kappa shape index (κ2) is 5.17. The molecular formula is C13H13ClN2O. The van der Waals surface area contributed by atoms with Crippen LogP contribution in [-0.4, -0.2) is 4.98 Å². The molecule has 0 fully saturated rings. The number of aromatic nitrogens is 1. The van der Waals surface area contributed by atoms with E-state index in [-0.39, 0.29) is 6.04 Å². The molecule has 0 amide bonds. The summed E-state index contributed by atoms with van der Waals surface area (Å²) < 4.78 is 5.61. The van der Waals surface area contributed by atoms with Gasteiger partial charge in [-0.3, -0.25) is 4.98 Å². The lowest BCUT2D eigenvalue weighted by atomic mass is 10.2. The van der Waals surface area contributed by atoms with Crippen molar-refractivity contribution in [1.82, 2.24) is 4.98 Å². The summed E-state index contributed by atoms with van der Waals surface area (Å²) in [6, 6.07) is 10.8. The largest absolute Gasteiger partial charge is 0.456 e. The van der Waals surface area contributed by atoms with Gasteiger partial charge < -0.3 is 10.5 Å². The van der Waals surface area contributed by atoms with E-state index in [9.17, 15) is 0 Å². The SMILES string of the molecule is C[C@H](N)c1ccc(Oc2cccc(Cl)c2)cn1. The first kappa shape index (κ1) is 11.9. The van der Waals surface area contributed by atoms with Crippen molar-refractivity contribution in [3.63, 3.8) is 0 Å². The highest BCUT2D eigenvalue weighted by molar-refractivity contribution is 6.30. The van der Waals surface area contributed by atoms with Gasteiger partial charge in [0.15, 0.2) is 0 Å². The average Bonchev–Trinajstić information content (AvgIpc) is 2.29. The van der Waals surface area contributed by atoms with Gasteiger partial charge in [-0.1, -0.05) is 17.7 Å². The molecule has 1 atom stereocenters. The maximum absolute atomic E-state index is 5.87. The van der Waals surface area contributed by atoms with Crippen LogP contribution in [0.15, 0.2) is 42.6 Å². The number of halogens is 1. The van der Waals surface area contributed by atoms with E-state index in [4.69, 9.17) is 22.1 Å². The van der Waals surface area contributed by atoms with Gasteiger partial charge in [0.05, 0.1) is 11.9 Å². The third-order valence-corrected chi connectivity index (χ3v) is 2.49. The van der Waals surface area contributed by atoms with Crippen LogP contribution >= 0.6 is 11.6 Å². The van der Waals surface area contributed by atoms with Crippen LogP contribution in [0.25, 0.3) is 0 Å². The van der Waals surface area contributed by atoms with E-state index in [1.807, 2.05) is 31.2 Å². The maximum atomic E-state index is 5.87. The first-order valence-corrected chi connectivity index (χ1v) is 5.68. The summed E-state index contributed by atoms with van der Waals surface area (Å²) in [6.07, 6.45) is 1.65. The van der Waals surface area contributed by atoms with Gasteiger partial charge >= 0.3 is 0 Å². The minimum Gasteiger partial charge on any atom is -0.456 e. The Morgan fingerprint density at radius 1 is 1.24 bits per heavy atom. The number of hydrogen-bond donors (Lipinski definition) is 1. The molecule has 1 aromatic carbocycles. The maximum Gasteiger partial charge on any atom is 0.145 e. The number of rotatable bonds is 3. The molecule has 0 unspecified atom stereocenters. The first-order valence-electron chi connectivity index (χ1n) is 5.30. The van der Waals surface area contributed by atoms with Crippen molar-refractivity contribution in [2.75, 3.05) is 0 Å². The molecule has 3 nitrogen and oxygen atoms in total. The van der Waals surface area contributed by atoms with Crippen LogP contribution in [0.1, 0.15) is 18.7 Å². The number of pyridine rings is 1. The molecule has 88 valence electrons. The predicted molar refractivity (Wildman–Crippen MR) is 68.4 cm³/mol. The van der Waals surface area contributed by atoms with Gasteiger partial charge in [0.2, 0.25) is 0 Å². The monoisotopic (exact) mass is 248 g/mol. The van der Waals surface area contributed by atoms with Crippen LogP contribution in [0.4, 0.5) is 0 Å². The van der Waals surface area contributed by atoms with Crippen LogP contribution in [-0.2, 0) is 0 Å². The van der Waals surface area contributed by atoms with Gasteiger partial charge in [0, 0.05) is 11.1 Å². The highest BCUT2D eigenvalue weighted by Gasteiger charge is 2.02. The molecule has 2 rings (SSSR count). The van der Waals surface area contributed by atoms with Crippen molar-refractivity contribution in [2.45, 2.75) is 13.0 Å². The van der Waals surface area contributed by atoms with Gasteiger partial charge in [-0.05, 0) is 37.3 Å². The third kappa shape index (κ3) is 3.19. The molecule has 0 aliphatic carbocycles. The molecule has 1 aromatic heterocycles. The van der Waals surface area contributed by atoms with E-state index in [2.05, 4.69) is 4.98 Å². The van der Waals surface area contributed by atoms with E-state index in [1.54, 1.807) is 18.3 Å². The number of nitrogens with zero attached hydrogens (tertiary/aromatic N) is 1. The van der Waals surface area contributed by atoms with Crippen molar-refractivity contribution in [2.24, 2.45) is 5.73 Å². The van der Waals surface area contributed by atoms with Crippen LogP contribution in [0.2, 0.25) is 5.02 Å². The molecule has 0 saturated heterocycles. The Labute approximate surface area is 105 Å². The lowest BCUT2D eigenvalue weighted by Gasteiger charge is -2.07. The fourth-order valence-corrected chi connectivity index (χ4v) is 1.57. The van der Waals surface area contributed by atoms with Crippen molar-refractivity contribution in [3.8, 4) is 11.5 Å². The molecule has 0 aliphatic heterocycles. The van der Waals surface area contributed by atoms with E-state index in [0.717, 1.165) is 5.69 Å². The molecule has 0 aliphatic rings. The summed E-state index contributed by atoms with van der Waals surface area (Å²) in [5.41, 5.74) is 6.55. The van der Waals surface area contributed by atoms with Crippen LogP contribution < -0.4 is 10.5 Å². The van der Waals surface area contributed by atoms with Crippen LogP contribution in [0, 0.1) is 0 Å². The van der Waals surface area contributed by atoms with Gasteiger partial charge in [0.1, 0.15) is 11.5 Å². The molecule has 1 heterocycles. The molecular weight excluding hydrogens is 236 g/mol. The molecule has 0 bridgehead atoms. The number of ether oxygens (including phenoxy) is 1. The quantitative estimate of drug-likeness (QED) is 0.904. The zero-order chi connectivity index (χ0) is 12.3. The molecule has 4 heteroatoms. The summed E-state index contributed by atoms with van der Waals surface area (Å²) >= 11 is 5.87. The zero-order valence-corrected chi connectivity index (χ0v) is 10.2. The van der Waals surface area contributed by atoms with Gasteiger partial charge in [-0.25, -0.2) is 0 Å². The third-order valence-electron chi connectivity index (χ3n) is 2.26. The van der Waals surface area contributed by atoms with E-state index < -0.39 is 0 Å². The Morgan fingerprint density at radius 3 is 2.65 bits per heavy atom. The second-order valence-electron chi connectivity index (χ2n) is 3.77. The highest BCUT2D eigenvalue weighted by atomic mass is 35.5. The van der Waals surface area contributed by atoms with Gasteiger partial charge in [-0.2, -0.15) is 0 Å². The normalized spacial score (nSPS) is 12.2. The Hall–Kier alpha value is -1.58. The van der Waals surface area contributed by atoms with Crippen molar-refractivity contribution in [3.05, 3.63) is 53.3 Å². The standard InChI is InChI=1S/C13H13ClN2O/c1-9(15)13-6-5-12(8-16-13)17-11-4-2-3-10(14)7-11/h2-9H,15H2,1H3/t9-/m0/s1. The van der Waals surface area contributed by atoms with Crippen molar-refractivity contribution >= 4 is 11.6 Å². The molecule has 2 aromatic rings. The van der Waals surface area contributed by atoms with Crippen LogP contribution in [0.3, 0.4) is 0 Å². The second-order valence-corrected chi connectivity index (χ2v) is 4.20. The fourth-order valence-electron chi connectivity index (χ4n) is 1.39. The van der Waals surface area contributed by atoms with Gasteiger partial charge in [0.25, 0.3) is 0 Å². The Morgan fingerprint density at radius 2 is 2.06 bits per heavy atom. The Balaban J connectivity index is 2.14. The van der Waals surface area contributed by atoms with E-state index in [1.165, 1.54) is 0 Å². The first-order chi connectivity index (χ1) is 8.15. The summed E-state index contributed by atoms with van der Waals surface area (Å²) in [5.74, 6) is 1.35. The molecule has 17 heavy (non-hydrogen) atoms. The molecule has 0 spiro atoms. The minimum atomic E-state index is -0.0739. The smallest absolute Gasteiger partial charge is 0.145 e. The van der Waals surface area contributed by atoms with Crippen LogP contribution in [0.5, 0.6) is 11.5 Å². The topological polar surface area (TPSA) is 48.1 Å². The Kier molecular flexibility index (Phi) is 3.61. The summed E-state index contributed by atoms with van der Waals surface area (Å²) in [7, 11) is 0. The molecule has 2 N–H and O–H groups in total. The van der Waals surface area contributed by atoms with E-state index >= 15 is 0 Å². The summed E-state index contributed by atoms with van der Waals surface area (Å²) in [4.78, 5) is 4.21. The highest BCUT2D eigenvalue weighted by Crippen LogP contribution is 2.23. The minimum absolute atomic E-state index is 0.0739. The number of benzene rings is 1. The van der Waals surface area contributed by atoms with Crippen molar-refractivity contribution < 1.29 is 4.74 Å². The Bertz CT molecular complexity index is 497. The van der Waals surface area contributed by atoms with E-state index in [0.29, 0.717) is 16.5 Å². The fraction of sp³-hybridized carbons (Fsp3) is 0.154. The molecule has 0 saturated carbocycles. The lowest BCUT2D eigenvalue weighted by molar-refractivity contribution is 0.479. The zero-order valence-electron chi connectivity index (χ0n) is 9.43. The van der Waals surface area contributed by atoms with Gasteiger partial charge in [-0.15, -0.1) is 0 Å².